The molecule has 118 valence electrons. The van der Waals surface area contributed by atoms with Crippen LogP contribution in [0.2, 0.25) is 0 Å². The molecule has 21 heavy (non-hydrogen) atoms. The molecule has 1 fully saturated rings. The van der Waals surface area contributed by atoms with Crippen molar-refractivity contribution in [3.63, 3.8) is 0 Å². The smallest absolute Gasteiger partial charge is 0.137 e. The molecule has 0 aromatic heterocycles. The van der Waals surface area contributed by atoms with E-state index in [0.717, 1.165) is 12.8 Å². The first-order chi connectivity index (χ1) is 9.85. The Labute approximate surface area is 123 Å². The lowest BCUT2D eigenvalue weighted by atomic mass is 9.72. The second-order valence-electron chi connectivity index (χ2n) is 5.50. The summed E-state index contributed by atoms with van der Waals surface area (Å²) in [6, 6.07) is 0. The van der Waals surface area contributed by atoms with E-state index in [1.54, 1.807) is 0 Å². The average Bonchev–Trinajstić information content (AvgIpc) is 2.96. The summed E-state index contributed by atoms with van der Waals surface area (Å²) in [6.45, 7) is 3.27. The van der Waals surface area contributed by atoms with Gasteiger partial charge in [0.1, 0.15) is 5.78 Å². The Morgan fingerprint density at radius 1 is 1.24 bits per heavy atom. The van der Waals surface area contributed by atoms with Crippen LogP contribution >= 0.6 is 0 Å². The van der Waals surface area contributed by atoms with E-state index in [1.165, 1.54) is 7.11 Å². The van der Waals surface area contributed by atoms with Crippen LogP contribution in [-0.4, -0.2) is 31.4 Å². The first kappa shape index (κ1) is 17.4. The predicted octanol–water partition coefficient (Wildman–Crippen LogP) is -0.785. The molecule has 0 spiro atoms. The Balaban J connectivity index is 3.02. The van der Waals surface area contributed by atoms with Crippen molar-refractivity contribution in [1.82, 2.24) is 0 Å². The van der Waals surface area contributed by atoms with Gasteiger partial charge in [0.2, 0.25) is 0 Å². The highest BCUT2D eigenvalue weighted by Crippen LogP contribution is 2.37. The molecule has 0 aromatic rings. The number of methoxy groups -OCH3 is 1. The highest BCUT2D eigenvalue weighted by Gasteiger charge is 2.39. The fourth-order valence-electron chi connectivity index (χ4n) is 2.80. The summed E-state index contributed by atoms with van der Waals surface area (Å²) >= 11 is 0. The summed E-state index contributed by atoms with van der Waals surface area (Å²) in [5, 5.41) is 22.6. The number of hydrogen-bond acceptors (Lipinski definition) is 6. The molecule has 0 aliphatic heterocycles. The van der Waals surface area contributed by atoms with Gasteiger partial charge in [0, 0.05) is 31.5 Å². The van der Waals surface area contributed by atoms with E-state index < -0.39 is 29.3 Å². The summed E-state index contributed by atoms with van der Waals surface area (Å²) < 4.78 is 4.83. The Kier molecular flexibility index (Phi) is 6.08. The normalized spacial score (nSPS) is 18.1. The maximum Gasteiger partial charge on any atom is 0.137 e. The number of aliphatic carboxylic acids is 2. The van der Waals surface area contributed by atoms with Gasteiger partial charge in [-0.15, -0.1) is 0 Å². The van der Waals surface area contributed by atoms with Gasteiger partial charge in [0.05, 0.1) is 11.9 Å². The van der Waals surface area contributed by atoms with Crippen molar-refractivity contribution >= 4 is 17.7 Å². The lowest BCUT2D eigenvalue weighted by molar-refractivity contribution is -0.322. The van der Waals surface area contributed by atoms with Gasteiger partial charge in [-0.1, -0.05) is 19.4 Å². The maximum atomic E-state index is 12.3. The van der Waals surface area contributed by atoms with Crippen molar-refractivity contribution in [1.29, 1.82) is 0 Å². The number of hydrogen-bond donors (Lipinski definition) is 0. The molecule has 0 radical (unpaired) electrons. The van der Waals surface area contributed by atoms with Crippen LogP contribution in [0.15, 0.2) is 12.2 Å². The quantitative estimate of drug-likeness (QED) is 0.516. The zero-order chi connectivity index (χ0) is 16.0. The van der Waals surface area contributed by atoms with Crippen LogP contribution in [0.4, 0.5) is 0 Å². The molecule has 1 rings (SSSR count). The molecule has 0 aromatic carbocycles. The van der Waals surface area contributed by atoms with Gasteiger partial charge in [-0.3, -0.25) is 4.79 Å². The van der Waals surface area contributed by atoms with Crippen molar-refractivity contribution < 1.29 is 29.3 Å². The number of carboxylic acid groups (broad SMARTS) is 2. The number of ketones is 1. The van der Waals surface area contributed by atoms with Crippen LogP contribution in [-0.2, 0) is 19.1 Å². The third-order valence-corrected chi connectivity index (χ3v) is 4.23. The second-order valence-corrected chi connectivity index (χ2v) is 5.50. The van der Waals surface area contributed by atoms with Gasteiger partial charge in [-0.05, 0) is 24.8 Å². The zero-order valence-electron chi connectivity index (χ0n) is 12.2. The first-order valence-electron chi connectivity index (χ1n) is 6.99. The molecule has 1 unspecified atom stereocenters. The third kappa shape index (κ3) is 3.91. The number of carboxylic acids is 2. The Bertz CT molecular complexity index is 435. The Morgan fingerprint density at radius 2 is 1.81 bits per heavy atom. The van der Waals surface area contributed by atoms with Gasteiger partial charge in [0.25, 0.3) is 0 Å². The summed E-state index contributed by atoms with van der Waals surface area (Å²) in [7, 11) is 1.36. The molecule has 0 N–H and O–H groups in total. The summed E-state index contributed by atoms with van der Waals surface area (Å²) in [5.74, 6) is -3.77. The van der Waals surface area contributed by atoms with Gasteiger partial charge >= 0.3 is 0 Å². The van der Waals surface area contributed by atoms with Crippen LogP contribution < -0.4 is 10.2 Å². The van der Waals surface area contributed by atoms with Crippen molar-refractivity contribution in [2.45, 2.75) is 38.5 Å². The molecular formula is C15H20O6-2. The molecule has 0 saturated heterocycles. The fourth-order valence-corrected chi connectivity index (χ4v) is 2.80. The molecule has 0 bridgehead atoms. The lowest BCUT2D eigenvalue weighted by Gasteiger charge is -2.37. The van der Waals surface area contributed by atoms with Gasteiger partial charge in [0.15, 0.2) is 0 Å². The zero-order valence-corrected chi connectivity index (χ0v) is 12.2. The van der Waals surface area contributed by atoms with Gasteiger partial charge < -0.3 is 24.5 Å². The standard InChI is InChI=1S/C15H22O6/c1-10(13(17)18)15(14(19)20,7-8-21-2)9-12(16)11-5-3-4-6-11/h11H,1,3-9H2,2H3,(H,17,18)(H,19,20)/p-2. The number of carbonyl (C=O) groups excluding carboxylic acids is 3. The van der Waals surface area contributed by atoms with E-state index in [0.29, 0.717) is 12.8 Å². The van der Waals surface area contributed by atoms with Crippen molar-refractivity contribution in [2.24, 2.45) is 11.3 Å². The SMILES string of the molecule is C=C(C(=O)[O-])C(CCOC)(CC(=O)C1CCCC1)C(=O)[O-]. The molecule has 1 aliphatic rings. The number of carbonyl (C=O) groups is 3. The molecular weight excluding hydrogens is 276 g/mol. The number of ether oxygens (including phenoxy) is 1. The first-order valence-corrected chi connectivity index (χ1v) is 6.99. The average molecular weight is 296 g/mol. The fraction of sp³-hybridized carbons (Fsp3) is 0.667. The number of Topliss-reactive ketones (excluding diaryl/α,β-unsaturated/α-hetero) is 1. The molecule has 6 nitrogen and oxygen atoms in total. The molecule has 1 atom stereocenters. The minimum absolute atomic E-state index is 0.0156. The summed E-state index contributed by atoms with van der Waals surface area (Å²) in [5.41, 5.74) is -2.60. The topological polar surface area (TPSA) is 107 Å². The van der Waals surface area contributed by atoms with Gasteiger partial charge in [-0.2, -0.15) is 0 Å². The second kappa shape index (κ2) is 7.36. The van der Waals surface area contributed by atoms with Crippen molar-refractivity contribution in [3.05, 3.63) is 12.2 Å². The lowest BCUT2D eigenvalue weighted by Crippen LogP contribution is -2.50. The van der Waals surface area contributed by atoms with E-state index >= 15 is 0 Å². The van der Waals surface area contributed by atoms with E-state index in [2.05, 4.69) is 6.58 Å². The summed E-state index contributed by atoms with van der Waals surface area (Å²) in [6.07, 6.45) is 2.66. The van der Waals surface area contributed by atoms with Crippen LogP contribution in [0.25, 0.3) is 0 Å². The summed E-state index contributed by atoms with van der Waals surface area (Å²) in [4.78, 5) is 34.9. The number of rotatable bonds is 9. The maximum absolute atomic E-state index is 12.3. The largest absolute Gasteiger partial charge is 0.549 e. The van der Waals surface area contributed by atoms with Gasteiger partial charge in [-0.25, -0.2) is 0 Å². The Morgan fingerprint density at radius 3 is 2.24 bits per heavy atom. The van der Waals surface area contributed by atoms with Crippen molar-refractivity contribution in [2.75, 3.05) is 13.7 Å². The predicted molar refractivity (Wildman–Crippen MR) is 69.7 cm³/mol. The highest BCUT2D eigenvalue weighted by molar-refractivity contribution is 5.98. The molecule has 6 heteroatoms. The van der Waals surface area contributed by atoms with Crippen molar-refractivity contribution in [3.8, 4) is 0 Å². The van der Waals surface area contributed by atoms with Crippen LogP contribution in [0.1, 0.15) is 38.5 Å². The molecule has 0 amide bonds. The van der Waals surface area contributed by atoms with Crippen LogP contribution in [0, 0.1) is 11.3 Å². The highest BCUT2D eigenvalue weighted by atomic mass is 16.5. The van der Waals surface area contributed by atoms with E-state index in [1.807, 2.05) is 0 Å². The van der Waals surface area contributed by atoms with Crippen LogP contribution in [0.3, 0.4) is 0 Å². The third-order valence-electron chi connectivity index (χ3n) is 4.23. The molecule has 1 saturated carbocycles. The van der Waals surface area contributed by atoms with E-state index in [9.17, 15) is 24.6 Å². The van der Waals surface area contributed by atoms with Crippen LogP contribution in [0.5, 0.6) is 0 Å². The minimum Gasteiger partial charge on any atom is -0.549 e. The Hall–Kier alpha value is -1.69. The molecule has 0 heterocycles. The molecule has 1 aliphatic carbocycles. The van der Waals surface area contributed by atoms with E-state index in [4.69, 9.17) is 4.74 Å². The monoisotopic (exact) mass is 296 g/mol. The van der Waals surface area contributed by atoms with E-state index in [-0.39, 0.29) is 24.7 Å². The minimum atomic E-state index is -1.96.